The fraction of sp³-hybridized carbons (Fsp3) is 0.556. The predicted octanol–water partition coefficient (Wildman–Crippen LogP) is 2.49. The van der Waals surface area contributed by atoms with Gasteiger partial charge < -0.3 is 15.1 Å². The Morgan fingerprint density at radius 2 is 2.12 bits per heavy atom. The fourth-order valence-electron chi connectivity index (χ4n) is 3.89. The summed E-state index contributed by atoms with van der Waals surface area (Å²) in [6.45, 7) is 1.49. The molecule has 0 spiro atoms. The van der Waals surface area contributed by atoms with E-state index in [0.29, 0.717) is 17.6 Å². The Morgan fingerprint density at radius 1 is 1.36 bits per heavy atom. The minimum Gasteiger partial charge on any atom is -0.341 e. The maximum Gasteiger partial charge on any atom is 0.228 e. The molecule has 1 N–H and O–H groups in total. The lowest BCUT2D eigenvalue weighted by molar-refractivity contribution is -0.138. The zero-order valence-corrected chi connectivity index (χ0v) is 16.1. The lowest BCUT2D eigenvalue weighted by Crippen LogP contribution is -2.49. The van der Waals surface area contributed by atoms with E-state index >= 15 is 0 Å². The molecule has 2 aliphatic rings. The van der Waals surface area contributed by atoms with Crippen molar-refractivity contribution in [3.8, 4) is 0 Å². The number of likely N-dealkylation sites (tertiary alicyclic amines) is 2. The van der Waals surface area contributed by atoms with E-state index in [-0.39, 0.29) is 42.6 Å². The number of likely N-dealkylation sites (N-methyl/N-ethyl adjacent to an activating group) is 1. The Kier molecular flexibility index (Phi) is 6.72. The highest BCUT2D eigenvalue weighted by atomic mass is 35.5. The third kappa shape index (κ3) is 4.10. The van der Waals surface area contributed by atoms with Gasteiger partial charge in [0.2, 0.25) is 11.8 Å². The van der Waals surface area contributed by atoms with Crippen molar-refractivity contribution < 1.29 is 9.59 Å². The molecular weight excluding hydrogens is 361 g/mol. The predicted molar refractivity (Wildman–Crippen MR) is 101 cm³/mol. The van der Waals surface area contributed by atoms with Crippen molar-refractivity contribution in [1.29, 1.82) is 0 Å². The summed E-state index contributed by atoms with van der Waals surface area (Å²) in [6.07, 6.45) is 2.35. The number of nitrogens with one attached hydrogen (secondary N) is 1. The lowest BCUT2D eigenvalue weighted by atomic mass is 9.91. The Morgan fingerprint density at radius 3 is 2.80 bits per heavy atom. The van der Waals surface area contributed by atoms with Gasteiger partial charge in [0.1, 0.15) is 0 Å². The van der Waals surface area contributed by atoms with Gasteiger partial charge in [-0.05, 0) is 37.6 Å². The van der Waals surface area contributed by atoms with Crippen LogP contribution in [0, 0.1) is 5.92 Å². The number of rotatable bonds is 3. The number of hydrogen-bond acceptors (Lipinski definition) is 3. The Hall–Kier alpha value is -1.30. The number of carbonyl (C=O) groups excluding carboxylic acids is 2. The van der Waals surface area contributed by atoms with Gasteiger partial charge in [-0.2, -0.15) is 0 Å². The third-order valence-electron chi connectivity index (χ3n) is 5.24. The number of nitrogens with zero attached hydrogens (tertiary/aromatic N) is 2. The zero-order valence-electron chi connectivity index (χ0n) is 14.6. The SMILES string of the molecule is CNC1CCCN(C(=O)C2CC(=O)N(C)C2c2cccc(Cl)c2)C1.Cl. The first kappa shape index (κ1) is 20.0. The smallest absolute Gasteiger partial charge is 0.228 e. The van der Waals surface area contributed by atoms with Crippen LogP contribution >= 0.6 is 24.0 Å². The number of amides is 2. The summed E-state index contributed by atoms with van der Waals surface area (Å²) >= 11 is 6.11. The van der Waals surface area contributed by atoms with Crippen LogP contribution in [0.3, 0.4) is 0 Å². The number of benzene rings is 1. The molecule has 1 aromatic carbocycles. The Balaban J connectivity index is 0.00000225. The fourth-order valence-corrected chi connectivity index (χ4v) is 4.08. The molecular formula is C18H25Cl2N3O2. The zero-order chi connectivity index (χ0) is 17.3. The average Bonchev–Trinajstić information content (AvgIpc) is 2.89. The van der Waals surface area contributed by atoms with Gasteiger partial charge in [-0.25, -0.2) is 0 Å². The van der Waals surface area contributed by atoms with Crippen molar-refractivity contribution >= 4 is 35.8 Å². The molecule has 0 bridgehead atoms. The third-order valence-corrected chi connectivity index (χ3v) is 5.47. The minimum absolute atomic E-state index is 0. The Labute approximate surface area is 160 Å². The molecule has 138 valence electrons. The van der Waals surface area contributed by atoms with E-state index in [1.165, 1.54) is 0 Å². The minimum atomic E-state index is -0.337. The molecule has 5 nitrogen and oxygen atoms in total. The van der Waals surface area contributed by atoms with E-state index in [4.69, 9.17) is 11.6 Å². The molecule has 2 saturated heterocycles. The van der Waals surface area contributed by atoms with Gasteiger partial charge in [0.15, 0.2) is 0 Å². The molecule has 2 aliphatic heterocycles. The van der Waals surface area contributed by atoms with Gasteiger partial charge >= 0.3 is 0 Å². The first-order chi connectivity index (χ1) is 11.5. The normalized spacial score (nSPS) is 26.5. The summed E-state index contributed by atoms with van der Waals surface area (Å²) in [5.41, 5.74) is 0.927. The molecule has 3 unspecified atom stereocenters. The largest absolute Gasteiger partial charge is 0.341 e. The van der Waals surface area contributed by atoms with Crippen LogP contribution in [-0.4, -0.2) is 54.8 Å². The van der Waals surface area contributed by atoms with E-state index in [1.54, 1.807) is 18.0 Å². The molecule has 25 heavy (non-hydrogen) atoms. The highest BCUT2D eigenvalue weighted by molar-refractivity contribution is 6.30. The number of carbonyl (C=O) groups is 2. The van der Waals surface area contributed by atoms with Crippen molar-refractivity contribution in [3.63, 3.8) is 0 Å². The second kappa shape index (κ2) is 8.39. The molecule has 7 heteroatoms. The van der Waals surface area contributed by atoms with Gasteiger partial charge in [0.05, 0.1) is 12.0 Å². The van der Waals surface area contributed by atoms with E-state index < -0.39 is 0 Å². The summed E-state index contributed by atoms with van der Waals surface area (Å²) in [6, 6.07) is 7.57. The maximum absolute atomic E-state index is 13.1. The Bertz CT molecular complexity index is 641. The van der Waals surface area contributed by atoms with E-state index in [0.717, 1.165) is 24.9 Å². The molecule has 0 aliphatic carbocycles. The van der Waals surface area contributed by atoms with Crippen LogP contribution in [0.5, 0.6) is 0 Å². The van der Waals surface area contributed by atoms with E-state index in [2.05, 4.69) is 5.32 Å². The first-order valence-electron chi connectivity index (χ1n) is 8.48. The van der Waals surface area contributed by atoms with Gasteiger partial charge in [-0.1, -0.05) is 23.7 Å². The lowest BCUT2D eigenvalue weighted by Gasteiger charge is -2.35. The molecule has 1 aromatic rings. The van der Waals surface area contributed by atoms with Gasteiger partial charge in [-0.3, -0.25) is 9.59 Å². The standard InChI is InChI=1S/C18H24ClN3O2.ClH/c1-20-14-7-4-8-22(11-14)18(24)15-10-16(23)21(2)17(15)12-5-3-6-13(19)9-12;/h3,5-6,9,14-15,17,20H,4,7-8,10-11H2,1-2H3;1H. The van der Waals surface area contributed by atoms with Crippen LogP contribution in [0.2, 0.25) is 5.02 Å². The molecule has 2 fully saturated rings. The van der Waals surface area contributed by atoms with Crippen molar-refractivity contribution in [1.82, 2.24) is 15.1 Å². The summed E-state index contributed by atoms with van der Waals surface area (Å²) in [4.78, 5) is 29.0. The van der Waals surface area contributed by atoms with E-state index in [9.17, 15) is 9.59 Å². The molecule has 3 atom stereocenters. The van der Waals surface area contributed by atoms with Crippen LogP contribution < -0.4 is 5.32 Å². The topological polar surface area (TPSA) is 52.7 Å². The highest BCUT2D eigenvalue weighted by Gasteiger charge is 2.44. The second-order valence-corrected chi connectivity index (χ2v) is 7.16. The highest BCUT2D eigenvalue weighted by Crippen LogP contribution is 2.39. The summed E-state index contributed by atoms with van der Waals surface area (Å²) < 4.78 is 0. The molecule has 2 amide bonds. The van der Waals surface area contributed by atoms with Crippen LogP contribution in [-0.2, 0) is 9.59 Å². The monoisotopic (exact) mass is 385 g/mol. The van der Waals surface area contributed by atoms with Crippen molar-refractivity contribution in [3.05, 3.63) is 34.9 Å². The van der Waals surface area contributed by atoms with Crippen LogP contribution in [0.15, 0.2) is 24.3 Å². The van der Waals surface area contributed by atoms with Gasteiger partial charge in [0, 0.05) is 37.6 Å². The van der Waals surface area contributed by atoms with Gasteiger partial charge in [-0.15, -0.1) is 12.4 Å². The van der Waals surface area contributed by atoms with Crippen molar-refractivity contribution in [2.24, 2.45) is 5.92 Å². The second-order valence-electron chi connectivity index (χ2n) is 6.73. The molecule has 0 saturated carbocycles. The summed E-state index contributed by atoms with van der Waals surface area (Å²) in [7, 11) is 3.70. The van der Waals surface area contributed by atoms with Crippen LogP contribution in [0.25, 0.3) is 0 Å². The quantitative estimate of drug-likeness (QED) is 0.869. The number of hydrogen-bond donors (Lipinski definition) is 1. The van der Waals surface area contributed by atoms with Crippen LogP contribution in [0.4, 0.5) is 0 Å². The number of halogens is 2. The van der Waals surface area contributed by atoms with E-state index in [1.807, 2.05) is 30.1 Å². The summed E-state index contributed by atoms with van der Waals surface area (Å²) in [5.74, 6) is -0.241. The molecule has 0 aromatic heterocycles. The maximum atomic E-state index is 13.1. The average molecular weight is 386 g/mol. The van der Waals surface area contributed by atoms with Crippen LogP contribution in [0.1, 0.15) is 30.9 Å². The summed E-state index contributed by atoms with van der Waals surface area (Å²) in [5, 5.41) is 3.88. The molecule has 0 radical (unpaired) electrons. The number of piperidine rings is 1. The van der Waals surface area contributed by atoms with Gasteiger partial charge in [0.25, 0.3) is 0 Å². The molecule has 3 rings (SSSR count). The first-order valence-corrected chi connectivity index (χ1v) is 8.86. The molecule has 2 heterocycles. The van der Waals surface area contributed by atoms with Crippen molar-refractivity contribution in [2.45, 2.75) is 31.3 Å². The van der Waals surface area contributed by atoms with Crippen molar-refractivity contribution in [2.75, 3.05) is 27.2 Å².